The van der Waals surface area contributed by atoms with E-state index in [-0.39, 0.29) is 12.3 Å². The number of hydrogen-bond donors (Lipinski definition) is 2. The van der Waals surface area contributed by atoms with Crippen molar-refractivity contribution in [3.8, 4) is 0 Å². The molecule has 6 nitrogen and oxygen atoms in total. The molecular formula is C12H15N3O3S. The number of nitrogens with zero attached hydrogens (tertiary/aromatic N) is 1. The van der Waals surface area contributed by atoms with Gasteiger partial charge < -0.3 is 10.3 Å². The molecule has 102 valence electrons. The van der Waals surface area contributed by atoms with Gasteiger partial charge in [-0.2, -0.15) is 0 Å². The van der Waals surface area contributed by atoms with E-state index in [1.54, 1.807) is 37.3 Å². The molecule has 0 aliphatic heterocycles. The van der Waals surface area contributed by atoms with Crippen LogP contribution < -0.4 is 10.5 Å². The highest BCUT2D eigenvalue weighted by Crippen LogP contribution is 2.10. The van der Waals surface area contributed by atoms with Gasteiger partial charge in [-0.05, 0) is 24.6 Å². The van der Waals surface area contributed by atoms with Crippen molar-refractivity contribution in [3.05, 3.63) is 47.3 Å². The van der Waals surface area contributed by atoms with Gasteiger partial charge in [0.2, 0.25) is 10.0 Å². The lowest BCUT2D eigenvalue weighted by Crippen LogP contribution is -2.24. The quantitative estimate of drug-likeness (QED) is 0.802. The van der Waals surface area contributed by atoms with Gasteiger partial charge in [-0.1, -0.05) is 17.3 Å². The molecule has 0 aliphatic carbocycles. The SMILES string of the molecule is Cc1cc(CNS(=O)(=O)Cc2cccc(N)c2)no1. The second-order valence-corrected chi connectivity index (χ2v) is 6.06. The monoisotopic (exact) mass is 281 g/mol. The second-order valence-electron chi connectivity index (χ2n) is 4.25. The van der Waals surface area contributed by atoms with E-state index in [9.17, 15) is 8.42 Å². The van der Waals surface area contributed by atoms with Crippen molar-refractivity contribution in [2.45, 2.75) is 19.2 Å². The highest BCUT2D eigenvalue weighted by molar-refractivity contribution is 7.88. The number of aromatic nitrogens is 1. The van der Waals surface area contributed by atoms with Crippen molar-refractivity contribution >= 4 is 15.7 Å². The zero-order valence-corrected chi connectivity index (χ0v) is 11.3. The smallest absolute Gasteiger partial charge is 0.216 e. The Kier molecular flexibility index (Phi) is 3.87. The topological polar surface area (TPSA) is 98.2 Å². The van der Waals surface area contributed by atoms with E-state index in [2.05, 4.69) is 9.88 Å². The Balaban J connectivity index is 1.99. The van der Waals surface area contributed by atoms with Crippen LogP contribution in [0.3, 0.4) is 0 Å². The van der Waals surface area contributed by atoms with E-state index in [4.69, 9.17) is 10.3 Å². The first-order chi connectivity index (χ1) is 8.94. The van der Waals surface area contributed by atoms with E-state index < -0.39 is 10.0 Å². The second kappa shape index (κ2) is 5.41. The minimum absolute atomic E-state index is 0.113. The van der Waals surface area contributed by atoms with Crippen LogP contribution in [0, 0.1) is 6.92 Å². The standard InChI is InChI=1S/C12H15N3O3S/c1-9-5-12(15-18-9)7-14-19(16,17)8-10-3-2-4-11(13)6-10/h2-6,14H,7-8,13H2,1H3. The van der Waals surface area contributed by atoms with Gasteiger partial charge in [-0.25, -0.2) is 13.1 Å². The lowest BCUT2D eigenvalue weighted by molar-refractivity contribution is 0.390. The molecule has 0 spiro atoms. The van der Waals surface area contributed by atoms with E-state index >= 15 is 0 Å². The summed E-state index contributed by atoms with van der Waals surface area (Å²) in [6.45, 7) is 1.86. The minimum atomic E-state index is -3.43. The van der Waals surface area contributed by atoms with Gasteiger partial charge in [0, 0.05) is 11.8 Å². The van der Waals surface area contributed by atoms with Gasteiger partial charge in [0.05, 0.1) is 18.0 Å². The third-order valence-corrected chi connectivity index (χ3v) is 3.76. The highest BCUT2D eigenvalue weighted by atomic mass is 32.2. The van der Waals surface area contributed by atoms with Crippen LogP contribution >= 0.6 is 0 Å². The number of nitrogens with one attached hydrogen (secondary N) is 1. The summed E-state index contributed by atoms with van der Waals surface area (Å²) in [5.74, 6) is 0.527. The van der Waals surface area contributed by atoms with Crippen LogP contribution in [-0.4, -0.2) is 13.6 Å². The fourth-order valence-corrected chi connectivity index (χ4v) is 2.73. The lowest BCUT2D eigenvalue weighted by Gasteiger charge is -2.05. The van der Waals surface area contributed by atoms with Crippen LogP contribution in [0.25, 0.3) is 0 Å². The number of hydrogen-bond acceptors (Lipinski definition) is 5. The summed E-state index contributed by atoms with van der Waals surface area (Å²) in [6.07, 6.45) is 0. The van der Waals surface area contributed by atoms with Crippen molar-refractivity contribution in [2.75, 3.05) is 5.73 Å². The summed E-state index contributed by atoms with van der Waals surface area (Å²) < 4.78 is 31.1. The number of aryl methyl sites for hydroxylation is 1. The molecule has 0 bridgehead atoms. The third-order valence-electron chi connectivity index (χ3n) is 2.46. The molecule has 0 saturated carbocycles. The molecule has 2 aromatic rings. The molecule has 19 heavy (non-hydrogen) atoms. The van der Waals surface area contributed by atoms with Gasteiger partial charge in [-0.3, -0.25) is 0 Å². The molecular weight excluding hydrogens is 266 g/mol. The van der Waals surface area contributed by atoms with Crippen LogP contribution in [0.5, 0.6) is 0 Å². The maximum absolute atomic E-state index is 11.9. The molecule has 7 heteroatoms. The zero-order valence-electron chi connectivity index (χ0n) is 10.5. The first-order valence-corrected chi connectivity index (χ1v) is 7.34. The van der Waals surface area contributed by atoms with Crippen molar-refractivity contribution in [3.63, 3.8) is 0 Å². The predicted octanol–water partition coefficient (Wildman–Crippen LogP) is 1.18. The Labute approximate surface area is 111 Å². The summed E-state index contributed by atoms with van der Waals surface area (Å²) in [5.41, 5.74) is 7.34. The molecule has 3 N–H and O–H groups in total. The van der Waals surface area contributed by atoms with Gasteiger partial charge in [0.25, 0.3) is 0 Å². The molecule has 0 fully saturated rings. The van der Waals surface area contributed by atoms with Crippen LogP contribution in [0.2, 0.25) is 0 Å². The molecule has 0 amide bonds. The first-order valence-electron chi connectivity index (χ1n) is 5.68. The normalized spacial score (nSPS) is 11.6. The Bertz CT molecular complexity index is 664. The van der Waals surface area contributed by atoms with E-state index in [1.807, 2.05) is 0 Å². The molecule has 2 rings (SSSR count). The summed E-state index contributed by atoms with van der Waals surface area (Å²) in [4.78, 5) is 0. The van der Waals surface area contributed by atoms with Crippen LogP contribution in [0.1, 0.15) is 17.0 Å². The van der Waals surface area contributed by atoms with E-state index in [0.29, 0.717) is 22.7 Å². The number of benzene rings is 1. The summed E-state index contributed by atoms with van der Waals surface area (Å²) in [7, 11) is -3.43. The first kappa shape index (κ1) is 13.6. The van der Waals surface area contributed by atoms with Crippen molar-refractivity contribution < 1.29 is 12.9 Å². The molecule has 1 heterocycles. The summed E-state index contributed by atoms with van der Waals surface area (Å²) in [6, 6.07) is 8.47. The van der Waals surface area contributed by atoms with Gasteiger partial charge in [-0.15, -0.1) is 0 Å². The van der Waals surface area contributed by atoms with E-state index in [0.717, 1.165) is 0 Å². The van der Waals surface area contributed by atoms with Crippen LogP contribution in [0.4, 0.5) is 5.69 Å². The Morgan fingerprint density at radius 3 is 2.79 bits per heavy atom. The van der Waals surface area contributed by atoms with Crippen molar-refractivity contribution in [1.82, 2.24) is 9.88 Å². The van der Waals surface area contributed by atoms with Gasteiger partial charge in [0.1, 0.15) is 5.76 Å². The molecule has 1 aromatic carbocycles. The average molecular weight is 281 g/mol. The molecule has 0 radical (unpaired) electrons. The lowest BCUT2D eigenvalue weighted by atomic mass is 10.2. The number of nitrogens with two attached hydrogens (primary N) is 1. The molecule has 1 aromatic heterocycles. The van der Waals surface area contributed by atoms with Crippen molar-refractivity contribution in [1.29, 1.82) is 0 Å². The zero-order chi connectivity index (χ0) is 13.9. The van der Waals surface area contributed by atoms with E-state index in [1.165, 1.54) is 0 Å². The molecule has 0 unspecified atom stereocenters. The fraction of sp³-hybridized carbons (Fsp3) is 0.250. The number of anilines is 1. The van der Waals surface area contributed by atoms with Gasteiger partial charge in [0.15, 0.2) is 0 Å². The fourth-order valence-electron chi connectivity index (χ4n) is 1.64. The Morgan fingerprint density at radius 1 is 1.37 bits per heavy atom. The number of sulfonamides is 1. The number of rotatable bonds is 5. The van der Waals surface area contributed by atoms with Crippen LogP contribution in [-0.2, 0) is 22.3 Å². The molecule has 0 saturated heterocycles. The summed E-state index contributed by atoms with van der Waals surface area (Å²) in [5, 5.41) is 3.72. The predicted molar refractivity (Wildman–Crippen MR) is 71.6 cm³/mol. The molecule has 0 aliphatic rings. The Hall–Kier alpha value is -1.86. The highest BCUT2D eigenvalue weighted by Gasteiger charge is 2.12. The average Bonchev–Trinajstić information content (AvgIpc) is 2.72. The molecule has 0 atom stereocenters. The summed E-state index contributed by atoms with van der Waals surface area (Å²) >= 11 is 0. The van der Waals surface area contributed by atoms with Crippen LogP contribution in [0.15, 0.2) is 34.9 Å². The maximum Gasteiger partial charge on any atom is 0.216 e. The Morgan fingerprint density at radius 2 is 2.16 bits per heavy atom. The minimum Gasteiger partial charge on any atom is -0.399 e. The third kappa shape index (κ3) is 4.08. The maximum atomic E-state index is 11.9. The van der Waals surface area contributed by atoms with Crippen molar-refractivity contribution in [2.24, 2.45) is 0 Å². The largest absolute Gasteiger partial charge is 0.399 e. The van der Waals surface area contributed by atoms with Gasteiger partial charge >= 0.3 is 0 Å². The number of nitrogen functional groups attached to an aromatic ring is 1.